The minimum absolute atomic E-state index is 0.0135. The van der Waals surface area contributed by atoms with Gasteiger partial charge >= 0.3 is 6.01 Å². The van der Waals surface area contributed by atoms with Crippen molar-refractivity contribution in [3.8, 4) is 35.2 Å². The van der Waals surface area contributed by atoms with Gasteiger partial charge in [0.15, 0.2) is 5.82 Å². The minimum Gasteiger partial charge on any atom is -0.508 e. The molecule has 1 spiro atoms. The van der Waals surface area contributed by atoms with Crippen molar-refractivity contribution in [2.75, 3.05) is 44.2 Å². The number of aromatic hydroxyl groups is 1. The van der Waals surface area contributed by atoms with Crippen LogP contribution in [0.2, 0.25) is 0 Å². The number of benzene rings is 3. The molecule has 3 saturated heterocycles. The number of likely N-dealkylation sites (tertiary alicyclic amines) is 1. The number of nitrogens with zero attached hydrogens (tertiary/aromatic N) is 4. The third-order valence-corrected chi connectivity index (χ3v) is 12.0. The normalized spacial score (nSPS) is 24.3. The molecule has 8 nitrogen and oxygen atoms in total. The van der Waals surface area contributed by atoms with E-state index in [1.54, 1.807) is 6.07 Å². The van der Waals surface area contributed by atoms with Crippen LogP contribution in [0.5, 0.6) is 11.8 Å². The summed E-state index contributed by atoms with van der Waals surface area (Å²) in [4.78, 5) is 14.4. The number of fused-ring (bicyclic) bond motifs is 4. The van der Waals surface area contributed by atoms with Crippen molar-refractivity contribution >= 4 is 27.5 Å². The molecule has 3 aliphatic heterocycles. The number of aliphatic hydroxyl groups is 1. The van der Waals surface area contributed by atoms with Gasteiger partial charge in [-0.05, 0) is 105 Å². The molecular weight excluding hydrogens is 624 g/mol. The minimum atomic E-state index is -0.604. The molecule has 9 rings (SSSR count). The summed E-state index contributed by atoms with van der Waals surface area (Å²) in [7, 11) is 0. The number of anilines is 1. The van der Waals surface area contributed by atoms with E-state index in [1.807, 2.05) is 6.07 Å². The second-order valence-corrected chi connectivity index (χ2v) is 15.5. The van der Waals surface area contributed by atoms with Gasteiger partial charge in [0, 0.05) is 53.5 Å². The first kappa shape index (κ1) is 31.0. The Labute approximate surface area is 284 Å². The van der Waals surface area contributed by atoms with Crippen LogP contribution in [0.3, 0.4) is 0 Å². The molecule has 2 saturated carbocycles. The standard InChI is InChI=1S/C39H41F2N5O3/c1-2-28-32(40)8-3-23-15-26(47)16-31(33(23)28)29-6-7-30-35(34(29)41)43-37(44-36(30)46-19-24-4-5-25(20-46)42-24)49-22-39(9-10-39)21-45-13-11-38(12-14-45)17-27(48)18-38/h1,3,6-8,15-16,24-25,27,42,47-48H,4-5,9-14,17-22H2. The molecule has 2 aliphatic carbocycles. The number of terminal acetylenes is 1. The fourth-order valence-electron chi connectivity index (χ4n) is 9.14. The average molecular weight is 666 g/mol. The summed E-state index contributed by atoms with van der Waals surface area (Å²) in [5, 5.41) is 25.6. The molecule has 5 aliphatic rings. The fourth-order valence-corrected chi connectivity index (χ4v) is 9.14. The van der Waals surface area contributed by atoms with Gasteiger partial charge in [-0.25, -0.2) is 8.78 Å². The van der Waals surface area contributed by atoms with Gasteiger partial charge in [-0.2, -0.15) is 9.97 Å². The van der Waals surface area contributed by atoms with Gasteiger partial charge in [-0.1, -0.05) is 18.1 Å². The van der Waals surface area contributed by atoms with Crippen LogP contribution in [0.4, 0.5) is 14.6 Å². The molecule has 3 N–H and O–H groups in total. The number of aliphatic hydroxyl groups excluding tert-OH is 1. The van der Waals surface area contributed by atoms with E-state index in [0.717, 1.165) is 84.1 Å². The van der Waals surface area contributed by atoms with Gasteiger partial charge < -0.3 is 30.1 Å². The smallest absolute Gasteiger partial charge is 0.319 e. The van der Waals surface area contributed by atoms with Gasteiger partial charge in [0.25, 0.3) is 0 Å². The maximum Gasteiger partial charge on any atom is 0.319 e. The Kier molecular flexibility index (Phi) is 7.28. The van der Waals surface area contributed by atoms with Crippen LogP contribution in [0.25, 0.3) is 32.8 Å². The summed E-state index contributed by atoms with van der Waals surface area (Å²) >= 11 is 0. The van der Waals surface area contributed by atoms with Gasteiger partial charge in [0.05, 0.1) is 18.3 Å². The van der Waals surface area contributed by atoms with Crippen molar-refractivity contribution in [2.45, 2.75) is 69.6 Å². The molecule has 0 amide bonds. The topological polar surface area (TPSA) is 94.0 Å². The van der Waals surface area contributed by atoms with Crippen molar-refractivity contribution in [2.24, 2.45) is 10.8 Å². The van der Waals surface area contributed by atoms with E-state index in [0.29, 0.717) is 51.6 Å². The van der Waals surface area contributed by atoms with Crippen LogP contribution >= 0.6 is 0 Å². The maximum atomic E-state index is 16.9. The number of phenolic OH excluding ortho intramolecular Hbond substituents is 1. The van der Waals surface area contributed by atoms with Crippen LogP contribution in [0.1, 0.15) is 56.9 Å². The molecule has 2 unspecified atom stereocenters. The number of rotatable bonds is 7. The zero-order valence-corrected chi connectivity index (χ0v) is 27.5. The Balaban J connectivity index is 1.06. The van der Waals surface area contributed by atoms with E-state index in [9.17, 15) is 14.6 Å². The van der Waals surface area contributed by atoms with Crippen LogP contribution < -0.4 is 15.0 Å². The highest BCUT2D eigenvalue weighted by molar-refractivity contribution is 6.04. The number of piperazine rings is 1. The molecule has 10 heteroatoms. The molecule has 2 bridgehead atoms. The number of piperidine rings is 1. The first-order valence-electron chi connectivity index (χ1n) is 17.7. The van der Waals surface area contributed by atoms with Crippen LogP contribution in [0, 0.1) is 34.8 Å². The molecule has 49 heavy (non-hydrogen) atoms. The Bertz CT molecular complexity index is 2000. The van der Waals surface area contributed by atoms with E-state index >= 15 is 4.39 Å². The van der Waals surface area contributed by atoms with Crippen molar-refractivity contribution in [1.29, 1.82) is 0 Å². The lowest BCUT2D eigenvalue weighted by Gasteiger charge is -2.51. The number of phenols is 1. The number of nitrogens with one attached hydrogen (secondary N) is 1. The van der Waals surface area contributed by atoms with Crippen LogP contribution in [-0.4, -0.2) is 82.6 Å². The highest BCUT2D eigenvalue weighted by Gasteiger charge is 2.49. The number of hydrogen-bond acceptors (Lipinski definition) is 8. The van der Waals surface area contributed by atoms with E-state index in [1.165, 1.54) is 24.3 Å². The molecule has 0 radical (unpaired) electrons. The number of hydrogen-bond donors (Lipinski definition) is 3. The van der Waals surface area contributed by atoms with Crippen molar-refractivity contribution in [3.05, 3.63) is 53.6 Å². The number of halogens is 2. The fraction of sp³-hybridized carbons (Fsp3) is 0.487. The molecule has 3 aromatic carbocycles. The van der Waals surface area contributed by atoms with E-state index in [-0.39, 0.29) is 39.9 Å². The average Bonchev–Trinajstić information content (AvgIpc) is 3.77. The number of ether oxygens (including phenoxy) is 1. The van der Waals surface area contributed by atoms with Gasteiger partial charge in [0.1, 0.15) is 22.9 Å². The van der Waals surface area contributed by atoms with Gasteiger partial charge in [-0.3, -0.25) is 0 Å². The van der Waals surface area contributed by atoms with E-state index in [2.05, 4.69) is 21.0 Å². The lowest BCUT2D eigenvalue weighted by Crippen LogP contribution is -2.51. The van der Waals surface area contributed by atoms with Crippen LogP contribution in [-0.2, 0) is 0 Å². The second-order valence-electron chi connectivity index (χ2n) is 15.5. The summed E-state index contributed by atoms with van der Waals surface area (Å²) in [5.74, 6) is 1.80. The zero-order valence-electron chi connectivity index (χ0n) is 27.5. The summed E-state index contributed by atoms with van der Waals surface area (Å²) in [6.07, 6.45) is 14.1. The first-order valence-corrected chi connectivity index (χ1v) is 17.7. The zero-order chi connectivity index (χ0) is 33.5. The quantitative estimate of drug-likeness (QED) is 0.215. The summed E-state index contributed by atoms with van der Waals surface area (Å²) < 4.78 is 38.2. The Morgan fingerprint density at radius 3 is 2.43 bits per heavy atom. The summed E-state index contributed by atoms with van der Waals surface area (Å²) in [6, 6.07) is 10.0. The lowest BCUT2D eigenvalue weighted by atomic mass is 9.61. The van der Waals surface area contributed by atoms with Crippen molar-refractivity contribution < 1.29 is 23.7 Å². The SMILES string of the molecule is C#Cc1c(F)ccc2cc(O)cc(-c3ccc4c(N5CC6CCC(C5)N6)nc(OCC5(CN6CCC7(CC6)CC(O)C7)CC5)nc4c3F)c12. The Morgan fingerprint density at radius 1 is 0.980 bits per heavy atom. The van der Waals surface area contributed by atoms with Crippen molar-refractivity contribution in [1.82, 2.24) is 20.2 Å². The lowest BCUT2D eigenvalue weighted by molar-refractivity contribution is -0.0706. The van der Waals surface area contributed by atoms with Gasteiger partial charge in [0.2, 0.25) is 0 Å². The third kappa shape index (κ3) is 5.47. The Hall–Kier alpha value is -4.04. The second kappa shape index (κ2) is 11.5. The Morgan fingerprint density at radius 2 is 1.73 bits per heavy atom. The molecule has 4 aromatic rings. The monoisotopic (exact) mass is 665 g/mol. The van der Waals surface area contributed by atoms with Crippen molar-refractivity contribution in [3.63, 3.8) is 0 Å². The molecular formula is C39H41F2N5O3. The highest BCUT2D eigenvalue weighted by Crippen LogP contribution is 2.51. The molecule has 2 atom stereocenters. The molecule has 1 aromatic heterocycles. The van der Waals surface area contributed by atoms with Crippen LogP contribution in [0.15, 0.2) is 36.4 Å². The first-order chi connectivity index (χ1) is 23.7. The predicted octanol–water partition coefficient (Wildman–Crippen LogP) is 5.75. The molecule has 4 heterocycles. The van der Waals surface area contributed by atoms with Gasteiger partial charge in [-0.15, -0.1) is 6.42 Å². The maximum absolute atomic E-state index is 16.9. The summed E-state index contributed by atoms with van der Waals surface area (Å²) in [5.41, 5.74) is 0.944. The van der Waals surface area contributed by atoms with E-state index < -0.39 is 11.6 Å². The number of aromatic nitrogens is 2. The summed E-state index contributed by atoms with van der Waals surface area (Å²) in [6.45, 7) is 4.99. The largest absolute Gasteiger partial charge is 0.508 e. The van der Waals surface area contributed by atoms with E-state index in [4.69, 9.17) is 21.1 Å². The third-order valence-electron chi connectivity index (χ3n) is 12.0. The molecule has 254 valence electrons. The predicted molar refractivity (Wildman–Crippen MR) is 185 cm³/mol. The molecule has 5 fully saturated rings. The highest BCUT2D eigenvalue weighted by atomic mass is 19.1.